The summed E-state index contributed by atoms with van der Waals surface area (Å²) in [6, 6.07) is 0. The third-order valence-electron chi connectivity index (χ3n) is 10.5. The number of quaternary nitrogens is 1. The summed E-state index contributed by atoms with van der Waals surface area (Å²) >= 11 is 0. The Bertz CT molecular complexity index is 1510. The van der Waals surface area contributed by atoms with E-state index < -0.39 is 61.0 Å². The second kappa shape index (κ2) is 30.3. The number of carbonyl (C=O) groups excluding carboxylic acids is 3. The highest BCUT2D eigenvalue weighted by Gasteiger charge is 2.56. The summed E-state index contributed by atoms with van der Waals surface area (Å²) in [4.78, 5) is 45.8. The van der Waals surface area contributed by atoms with Crippen molar-refractivity contribution in [3.63, 3.8) is 0 Å². The van der Waals surface area contributed by atoms with Crippen LogP contribution < -0.4 is 5.73 Å². The zero-order chi connectivity index (χ0) is 46.8. The van der Waals surface area contributed by atoms with Gasteiger partial charge in [-0.2, -0.15) is 0 Å². The lowest BCUT2D eigenvalue weighted by molar-refractivity contribution is -0.870. The van der Waals surface area contributed by atoms with E-state index in [1.165, 1.54) is 45.6 Å². The molecule has 0 aromatic heterocycles. The number of unbranched alkanes of at least 4 members (excludes halogenated alkanes) is 14. The Hall–Kier alpha value is -2.07. The van der Waals surface area contributed by atoms with Gasteiger partial charge in [-0.1, -0.05) is 83.1 Å². The van der Waals surface area contributed by atoms with Gasteiger partial charge in [-0.15, -0.1) is 0 Å². The van der Waals surface area contributed by atoms with Crippen LogP contribution in [0.25, 0.3) is 0 Å². The van der Waals surface area contributed by atoms with Crippen LogP contribution >= 0.6 is 7.82 Å². The summed E-state index contributed by atoms with van der Waals surface area (Å²) in [5, 5.41) is 0. The van der Waals surface area contributed by atoms with Crippen LogP contribution in [0.15, 0.2) is 12.2 Å². The van der Waals surface area contributed by atoms with Crippen molar-refractivity contribution in [1.29, 1.82) is 0 Å². The van der Waals surface area contributed by atoms with Gasteiger partial charge in [0.2, 0.25) is 16.2 Å². The molecule has 2 rings (SSSR count). The zero-order valence-electron chi connectivity index (χ0n) is 38.3. The highest BCUT2D eigenvalue weighted by atomic mass is 32.3. The minimum atomic E-state index is -4.83. The minimum Gasteiger partial charge on any atom is -0.725 e. The SMILES string of the molecule is CC(=O)OCC(COP(=O)(O)OCC[N+](C)(C)C)OC(=O)/C=C/CCCCC[C@H]1O[C@@]2(CCCCCCCCCCCCCCOCC(N)OS(=O)(=O)[O-])O[C@H]1CC[C@@H]2OC(C)=O. The van der Waals surface area contributed by atoms with Gasteiger partial charge in [0.05, 0.1) is 46.6 Å². The maximum absolute atomic E-state index is 12.5. The van der Waals surface area contributed by atoms with Gasteiger partial charge in [-0.25, -0.2) is 17.8 Å². The van der Waals surface area contributed by atoms with Crippen LogP contribution in [0.1, 0.15) is 142 Å². The fourth-order valence-corrected chi connectivity index (χ4v) is 8.46. The van der Waals surface area contributed by atoms with E-state index >= 15 is 0 Å². The Balaban J connectivity index is 1.63. The number of likely N-dealkylation sites (N-methyl/N-ethyl adjacent to an activating group) is 1. The fraction of sp³-hybridized carbons (Fsp3) is 0.881. The number of nitrogens with zero attached hydrogens (tertiary/aromatic N) is 1. The molecule has 63 heavy (non-hydrogen) atoms. The normalized spacial score (nSPS) is 22.1. The van der Waals surface area contributed by atoms with Crippen molar-refractivity contribution < 1.29 is 82.9 Å². The monoisotopic (exact) mass is 944 g/mol. The predicted molar refractivity (Wildman–Crippen MR) is 230 cm³/mol. The fourth-order valence-electron chi connectivity index (χ4n) is 7.36. The smallest absolute Gasteiger partial charge is 0.472 e. The van der Waals surface area contributed by atoms with Crippen molar-refractivity contribution >= 4 is 36.1 Å². The molecule has 0 saturated carbocycles. The summed E-state index contributed by atoms with van der Waals surface area (Å²) in [5.74, 6) is -2.57. The van der Waals surface area contributed by atoms with Gasteiger partial charge in [0.25, 0.3) is 0 Å². The Morgan fingerprint density at radius 2 is 1.46 bits per heavy atom. The van der Waals surface area contributed by atoms with E-state index in [9.17, 15) is 36.8 Å². The topological polar surface area (TPSA) is 255 Å². The molecule has 2 aliphatic rings. The summed E-state index contributed by atoms with van der Waals surface area (Å²) < 4.78 is 92.8. The van der Waals surface area contributed by atoms with Crippen molar-refractivity contribution in [3.8, 4) is 0 Å². The molecule has 3 unspecified atom stereocenters. The summed E-state index contributed by atoms with van der Waals surface area (Å²) in [6.07, 6.45) is 19.2. The van der Waals surface area contributed by atoms with E-state index in [4.69, 9.17) is 43.2 Å². The molecule has 21 heteroatoms. The van der Waals surface area contributed by atoms with E-state index in [0.717, 1.165) is 83.5 Å². The van der Waals surface area contributed by atoms with Gasteiger partial charge in [-0.3, -0.25) is 22.8 Å². The number of hydrogen-bond donors (Lipinski definition) is 2. The number of phosphoric ester groups is 1. The van der Waals surface area contributed by atoms with E-state index in [0.29, 0.717) is 36.9 Å². The molecule has 0 amide bonds. The second-order valence-electron chi connectivity index (χ2n) is 17.4. The molecule has 19 nitrogen and oxygen atoms in total. The van der Waals surface area contributed by atoms with E-state index in [-0.39, 0.29) is 38.0 Å². The van der Waals surface area contributed by atoms with Crippen molar-refractivity contribution in [1.82, 2.24) is 0 Å². The number of allylic oxidation sites excluding steroid dienone is 1. The highest BCUT2D eigenvalue weighted by Crippen LogP contribution is 2.46. The lowest BCUT2D eigenvalue weighted by atomic mass is 9.93. The highest BCUT2D eigenvalue weighted by molar-refractivity contribution is 7.80. The quantitative estimate of drug-likeness (QED) is 0.00850. The molecule has 0 aromatic carbocycles. The third kappa shape index (κ3) is 27.9. The lowest BCUT2D eigenvalue weighted by Gasteiger charge is -2.38. The van der Waals surface area contributed by atoms with Crippen LogP contribution in [-0.4, -0.2) is 137 Å². The molecule has 0 aliphatic carbocycles. The maximum atomic E-state index is 12.5. The Morgan fingerprint density at radius 3 is 2.06 bits per heavy atom. The van der Waals surface area contributed by atoms with Crippen LogP contribution in [0.2, 0.25) is 0 Å². The number of rotatable bonds is 37. The standard InChI is InChI=1S/C42H77N2O17PS/c1-34(45)54-31-36(32-56-62(48,49)55-30-28-44(3,4)5)58-41(47)24-20-16-14-15-19-23-37-38-25-26-39(57-35(2)46)42(59-37,60-38)27-21-17-12-10-8-6-7-9-11-13-18-22-29-53-33-40(43)61-63(50,51)52/h20,24,36-40H,6-19,21-23,25-33,43H2,1-5H3,(H-,48,49,50,51,52)/b24-20+/t36?,37-,38+,39+,40?,42+/m1/s1. The molecule has 0 spiro atoms. The summed E-state index contributed by atoms with van der Waals surface area (Å²) in [6.45, 7) is 2.49. The zero-order valence-corrected chi connectivity index (χ0v) is 40.0. The van der Waals surface area contributed by atoms with Gasteiger partial charge in [0.15, 0.2) is 12.2 Å². The van der Waals surface area contributed by atoms with Gasteiger partial charge in [-0.05, 0) is 44.9 Å². The first kappa shape index (κ1) is 57.1. The van der Waals surface area contributed by atoms with Crippen molar-refractivity contribution in [3.05, 3.63) is 12.2 Å². The number of phosphoric acid groups is 1. The lowest BCUT2D eigenvalue weighted by Crippen LogP contribution is -2.49. The maximum Gasteiger partial charge on any atom is 0.472 e. The first-order valence-electron chi connectivity index (χ1n) is 22.6. The third-order valence-corrected chi connectivity index (χ3v) is 12.0. The van der Waals surface area contributed by atoms with Crippen LogP contribution in [0.5, 0.6) is 0 Å². The molecule has 7 atom stereocenters. The molecule has 0 aromatic rings. The molecule has 3 N–H and O–H groups in total. The summed E-state index contributed by atoms with van der Waals surface area (Å²) in [7, 11) is -3.53. The molecular formula is C42H77N2O17PS. The first-order chi connectivity index (χ1) is 29.7. The number of esters is 3. The van der Waals surface area contributed by atoms with E-state index in [1.807, 2.05) is 21.1 Å². The second-order valence-corrected chi connectivity index (χ2v) is 19.9. The van der Waals surface area contributed by atoms with Crippen LogP contribution in [0, 0.1) is 0 Å². The average molecular weight is 945 g/mol. The molecular weight excluding hydrogens is 868 g/mol. The Morgan fingerprint density at radius 1 is 0.841 bits per heavy atom. The molecule has 2 aliphatic heterocycles. The molecule has 0 radical (unpaired) electrons. The first-order valence-corrected chi connectivity index (χ1v) is 25.4. The number of carbonyl (C=O) groups is 3. The largest absolute Gasteiger partial charge is 0.725 e. The van der Waals surface area contributed by atoms with E-state index in [1.54, 1.807) is 6.08 Å². The van der Waals surface area contributed by atoms with E-state index in [2.05, 4.69) is 4.18 Å². The van der Waals surface area contributed by atoms with Gasteiger partial charge in [0.1, 0.15) is 26.0 Å². The van der Waals surface area contributed by atoms with Crippen LogP contribution in [0.4, 0.5) is 0 Å². The van der Waals surface area contributed by atoms with Gasteiger partial charge in [0, 0.05) is 33.0 Å². The van der Waals surface area contributed by atoms with Crippen molar-refractivity contribution in [2.75, 3.05) is 60.7 Å². The van der Waals surface area contributed by atoms with Crippen molar-refractivity contribution in [2.24, 2.45) is 5.73 Å². The molecule has 2 heterocycles. The van der Waals surface area contributed by atoms with Gasteiger partial charge < -0.3 is 48.1 Å². The number of ether oxygens (including phenoxy) is 6. The van der Waals surface area contributed by atoms with Gasteiger partial charge >= 0.3 is 25.7 Å². The predicted octanol–water partition coefficient (Wildman–Crippen LogP) is 5.86. The minimum absolute atomic E-state index is 0.0223. The summed E-state index contributed by atoms with van der Waals surface area (Å²) in [5.41, 5.74) is 5.37. The Kier molecular flexibility index (Phi) is 27.4. The molecule has 368 valence electrons. The number of fused-ring (bicyclic) bond motifs is 2. The molecule has 2 saturated heterocycles. The number of nitrogens with two attached hydrogens (primary N) is 1. The Labute approximate surface area is 375 Å². The van der Waals surface area contributed by atoms with Crippen molar-refractivity contribution in [2.45, 2.75) is 179 Å². The van der Waals surface area contributed by atoms with Crippen LogP contribution in [0.3, 0.4) is 0 Å². The van der Waals surface area contributed by atoms with Crippen LogP contribution in [-0.2, 0) is 71.0 Å². The average Bonchev–Trinajstić information content (AvgIpc) is 3.46. The molecule has 2 bridgehead atoms. The molecule has 2 fully saturated rings. The number of hydrogen-bond acceptors (Lipinski definition) is 17.